The van der Waals surface area contributed by atoms with Crippen molar-refractivity contribution < 1.29 is 24.5 Å². The first-order chi connectivity index (χ1) is 13.3. The number of nitrogens with zero attached hydrogens (tertiary/aromatic N) is 2. The zero-order valence-corrected chi connectivity index (χ0v) is 16.1. The summed E-state index contributed by atoms with van der Waals surface area (Å²) in [4.78, 5) is 29.7. The Morgan fingerprint density at radius 3 is 2.39 bits per heavy atom. The van der Waals surface area contributed by atoms with E-state index in [4.69, 9.17) is 4.74 Å². The molecule has 8 nitrogen and oxygen atoms in total. The highest BCUT2D eigenvalue weighted by Crippen LogP contribution is 2.20. The summed E-state index contributed by atoms with van der Waals surface area (Å²) in [5.74, 6) is -0.694. The van der Waals surface area contributed by atoms with Crippen molar-refractivity contribution in [3.05, 3.63) is 59.8 Å². The fraction of sp³-hybridized carbons (Fsp3) is 0.350. The largest absolute Gasteiger partial charge is 0.480 e. The molecule has 1 aromatic carbocycles. The van der Waals surface area contributed by atoms with Gasteiger partial charge in [0.1, 0.15) is 18.5 Å². The number of hydrogen-bond donors (Lipinski definition) is 3. The third kappa shape index (κ3) is 5.68. The maximum absolute atomic E-state index is 12.0. The minimum Gasteiger partial charge on any atom is -0.480 e. The SMILES string of the molecule is CC(C)N(C)c1ccc([C@H](O)[C@H](NC(=O)OCc2ccccc2)C(=O)O)cn1. The van der Waals surface area contributed by atoms with Gasteiger partial charge in [0.15, 0.2) is 6.04 Å². The van der Waals surface area contributed by atoms with Gasteiger partial charge in [-0.3, -0.25) is 0 Å². The van der Waals surface area contributed by atoms with Crippen molar-refractivity contribution >= 4 is 17.9 Å². The monoisotopic (exact) mass is 387 g/mol. The second-order valence-corrected chi connectivity index (χ2v) is 6.62. The topological polar surface area (TPSA) is 112 Å². The van der Waals surface area contributed by atoms with Gasteiger partial charge in [-0.2, -0.15) is 0 Å². The van der Waals surface area contributed by atoms with Crippen molar-refractivity contribution in [1.82, 2.24) is 10.3 Å². The lowest BCUT2D eigenvalue weighted by Crippen LogP contribution is -2.45. The smallest absolute Gasteiger partial charge is 0.408 e. The Morgan fingerprint density at radius 1 is 1.18 bits per heavy atom. The number of anilines is 1. The average molecular weight is 387 g/mol. The standard InChI is InChI=1S/C20H25N3O5/c1-13(2)23(3)16-10-9-15(11-21-16)18(24)17(19(25)26)22-20(27)28-12-14-7-5-4-6-8-14/h4-11,13,17-18,24H,12H2,1-3H3,(H,22,27)(H,25,26)/t17-,18-/m0/s1. The van der Waals surface area contributed by atoms with Gasteiger partial charge in [-0.1, -0.05) is 36.4 Å². The Balaban J connectivity index is 2.02. The van der Waals surface area contributed by atoms with E-state index in [-0.39, 0.29) is 18.2 Å². The summed E-state index contributed by atoms with van der Waals surface area (Å²) in [5, 5.41) is 22.0. The molecule has 0 saturated heterocycles. The van der Waals surface area contributed by atoms with E-state index in [9.17, 15) is 19.8 Å². The number of carbonyl (C=O) groups is 2. The van der Waals surface area contributed by atoms with Crippen LogP contribution >= 0.6 is 0 Å². The number of amides is 1. The van der Waals surface area contributed by atoms with E-state index in [0.717, 1.165) is 5.56 Å². The highest BCUT2D eigenvalue weighted by Gasteiger charge is 2.30. The summed E-state index contributed by atoms with van der Waals surface area (Å²) >= 11 is 0. The Morgan fingerprint density at radius 2 is 1.86 bits per heavy atom. The number of aliphatic hydroxyl groups is 1. The van der Waals surface area contributed by atoms with E-state index >= 15 is 0 Å². The fourth-order valence-electron chi connectivity index (χ4n) is 2.41. The third-order valence-electron chi connectivity index (χ3n) is 4.32. The van der Waals surface area contributed by atoms with Gasteiger partial charge in [0, 0.05) is 24.8 Å². The molecule has 1 amide bonds. The van der Waals surface area contributed by atoms with Crippen LogP contribution in [0.3, 0.4) is 0 Å². The first-order valence-electron chi connectivity index (χ1n) is 8.86. The number of benzene rings is 1. The van der Waals surface area contributed by atoms with E-state index in [0.29, 0.717) is 5.82 Å². The number of carboxylic acid groups (broad SMARTS) is 1. The van der Waals surface area contributed by atoms with Gasteiger partial charge in [0.05, 0.1) is 0 Å². The number of carboxylic acids is 1. The second kappa shape index (κ2) is 9.70. The summed E-state index contributed by atoms with van der Waals surface area (Å²) in [6.07, 6.45) is -1.02. The summed E-state index contributed by atoms with van der Waals surface area (Å²) in [5.41, 5.74) is 1.04. The Labute approximate surface area is 163 Å². The molecule has 1 aromatic heterocycles. The van der Waals surface area contributed by atoms with E-state index in [1.54, 1.807) is 36.4 Å². The van der Waals surface area contributed by atoms with Gasteiger partial charge in [0.25, 0.3) is 0 Å². The quantitative estimate of drug-likeness (QED) is 0.637. The van der Waals surface area contributed by atoms with Gasteiger partial charge < -0.3 is 25.2 Å². The van der Waals surface area contributed by atoms with Gasteiger partial charge in [0.2, 0.25) is 0 Å². The highest BCUT2D eigenvalue weighted by molar-refractivity contribution is 5.80. The molecule has 0 spiro atoms. The molecule has 2 atom stereocenters. The van der Waals surface area contributed by atoms with Crippen molar-refractivity contribution in [1.29, 1.82) is 0 Å². The molecule has 0 aliphatic rings. The molecule has 0 fully saturated rings. The zero-order chi connectivity index (χ0) is 20.7. The fourth-order valence-corrected chi connectivity index (χ4v) is 2.41. The molecular formula is C20H25N3O5. The molecule has 8 heteroatoms. The molecule has 3 N–H and O–H groups in total. The lowest BCUT2D eigenvalue weighted by molar-refractivity contribution is -0.142. The molecule has 0 unspecified atom stereocenters. The molecule has 0 aliphatic carbocycles. The average Bonchev–Trinajstić information content (AvgIpc) is 2.70. The number of alkyl carbamates (subject to hydrolysis) is 1. The van der Waals surface area contributed by atoms with Crippen LogP contribution in [0.1, 0.15) is 31.1 Å². The van der Waals surface area contributed by atoms with Gasteiger partial charge >= 0.3 is 12.1 Å². The first kappa shape index (κ1) is 21.2. The van der Waals surface area contributed by atoms with Crippen LogP contribution in [0.15, 0.2) is 48.7 Å². The lowest BCUT2D eigenvalue weighted by atomic mass is 10.0. The van der Waals surface area contributed by atoms with E-state index in [1.807, 2.05) is 31.9 Å². The Hall–Kier alpha value is -3.13. The van der Waals surface area contributed by atoms with Crippen molar-refractivity contribution in [2.45, 2.75) is 38.6 Å². The number of aliphatic carboxylic acids is 1. The second-order valence-electron chi connectivity index (χ2n) is 6.62. The molecule has 0 bridgehead atoms. The molecule has 1 heterocycles. The van der Waals surface area contributed by atoms with Crippen LogP contribution in [0.5, 0.6) is 0 Å². The van der Waals surface area contributed by atoms with E-state index < -0.39 is 24.2 Å². The summed E-state index contributed by atoms with van der Waals surface area (Å²) in [6.45, 7) is 4.01. The number of ether oxygens (including phenoxy) is 1. The van der Waals surface area contributed by atoms with Gasteiger partial charge in [-0.15, -0.1) is 0 Å². The number of aromatic nitrogens is 1. The molecular weight excluding hydrogens is 362 g/mol. The van der Waals surface area contributed by atoms with Crippen molar-refractivity contribution in [2.75, 3.05) is 11.9 Å². The summed E-state index contributed by atoms with van der Waals surface area (Å²) in [6, 6.07) is 10.9. The maximum atomic E-state index is 12.0. The lowest BCUT2D eigenvalue weighted by Gasteiger charge is -2.24. The molecule has 2 rings (SSSR count). The number of rotatable bonds is 8. The van der Waals surface area contributed by atoms with Crippen LogP contribution in [-0.4, -0.2) is 46.4 Å². The van der Waals surface area contributed by atoms with Crippen LogP contribution in [0.4, 0.5) is 10.6 Å². The molecule has 150 valence electrons. The maximum Gasteiger partial charge on any atom is 0.408 e. The Kier molecular flexibility index (Phi) is 7.34. The third-order valence-corrected chi connectivity index (χ3v) is 4.32. The Bertz CT molecular complexity index is 780. The molecule has 0 aliphatic heterocycles. The van der Waals surface area contributed by atoms with Crippen LogP contribution in [0.2, 0.25) is 0 Å². The molecule has 2 aromatic rings. The van der Waals surface area contributed by atoms with Crippen LogP contribution in [0, 0.1) is 0 Å². The van der Waals surface area contributed by atoms with Crippen LogP contribution in [-0.2, 0) is 16.1 Å². The van der Waals surface area contributed by atoms with Crippen molar-refractivity contribution in [2.24, 2.45) is 0 Å². The van der Waals surface area contributed by atoms with E-state index in [1.165, 1.54) is 6.20 Å². The van der Waals surface area contributed by atoms with Gasteiger partial charge in [-0.25, -0.2) is 14.6 Å². The minimum atomic E-state index is -1.57. The predicted molar refractivity (Wildman–Crippen MR) is 104 cm³/mol. The first-order valence-corrected chi connectivity index (χ1v) is 8.86. The van der Waals surface area contributed by atoms with Crippen LogP contribution in [0.25, 0.3) is 0 Å². The number of pyridine rings is 1. The number of nitrogens with one attached hydrogen (secondary N) is 1. The van der Waals surface area contributed by atoms with Crippen LogP contribution < -0.4 is 10.2 Å². The predicted octanol–water partition coefficient (Wildman–Crippen LogP) is 2.34. The van der Waals surface area contributed by atoms with Crippen molar-refractivity contribution in [3.63, 3.8) is 0 Å². The summed E-state index contributed by atoms with van der Waals surface area (Å²) < 4.78 is 5.02. The van der Waals surface area contributed by atoms with Gasteiger partial charge in [-0.05, 0) is 25.5 Å². The highest BCUT2D eigenvalue weighted by atomic mass is 16.5. The minimum absolute atomic E-state index is 0.00705. The number of hydrogen-bond acceptors (Lipinski definition) is 6. The molecule has 0 saturated carbocycles. The normalized spacial score (nSPS) is 12.9. The zero-order valence-electron chi connectivity index (χ0n) is 16.1. The molecule has 28 heavy (non-hydrogen) atoms. The summed E-state index contributed by atoms with van der Waals surface area (Å²) in [7, 11) is 1.88. The number of carbonyl (C=O) groups excluding carboxylic acids is 1. The van der Waals surface area contributed by atoms with E-state index in [2.05, 4.69) is 10.3 Å². The molecule has 0 radical (unpaired) electrons. The van der Waals surface area contributed by atoms with Crippen molar-refractivity contribution in [3.8, 4) is 0 Å². The number of aliphatic hydroxyl groups excluding tert-OH is 1.